The van der Waals surface area contributed by atoms with E-state index in [0.717, 1.165) is 6.26 Å². The highest BCUT2D eigenvalue weighted by Crippen LogP contribution is 2.19. The molecule has 2 aromatic rings. The van der Waals surface area contributed by atoms with E-state index in [4.69, 9.17) is 0 Å². The van der Waals surface area contributed by atoms with E-state index in [2.05, 4.69) is 14.8 Å². The van der Waals surface area contributed by atoms with Crippen molar-refractivity contribution in [2.45, 2.75) is 12.7 Å². The molecule has 0 aromatic heterocycles. The monoisotopic (exact) mass is 402 g/mol. The smallest absolute Gasteiger partial charge is 0.422 e. The van der Waals surface area contributed by atoms with Crippen LogP contribution in [0.25, 0.3) is 0 Å². The second-order valence-electron chi connectivity index (χ2n) is 5.65. The van der Waals surface area contributed by atoms with Gasteiger partial charge in [0.05, 0.1) is 17.5 Å². The molecule has 0 aliphatic carbocycles. The van der Waals surface area contributed by atoms with Crippen molar-refractivity contribution in [3.05, 3.63) is 59.7 Å². The Kier molecular flexibility index (Phi) is 6.32. The van der Waals surface area contributed by atoms with Gasteiger partial charge in [-0.05, 0) is 29.8 Å². The van der Waals surface area contributed by atoms with Gasteiger partial charge < -0.3 is 10.1 Å². The molecule has 0 heterocycles. The standard InChI is InChI=1S/C17H17F3N2O4S/c1-27(24,25)22-15-5-3-2-4-14(15)16(23)21-10-12-6-8-13(9-7-12)26-11-17(18,19)20/h2-9,22H,10-11H2,1H3,(H,21,23). The molecule has 2 rings (SSSR count). The van der Waals surface area contributed by atoms with Crippen LogP contribution in [0.1, 0.15) is 15.9 Å². The Bertz CT molecular complexity index is 897. The number of benzene rings is 2. The summed E-state index contributed by atoms with van der Waals surface area (Å²) in [6.07, 6.45) is -3.44. The SMILES string of the molecule is CS(=O)(=O)Nc1ccccc1C(=O)NCc1ccc(OCC(F)(F)F)cc1. The van der Waals surface area contributed by atoms with Gasteiger partial charge in [-0.25, -0.2) is 8.42 Å². The number of hydrogen-bond acceptors (Lipinski definition) is 4. The number of rotatable bonds is 7. The minimum Gasteiger partial charge on any atom is -0.484 e. The maximum Gasteiger partial charge on any atom is 0.422 e. The molecule has 0 aliphatic rings. The highest BCUT2D eigenvalue weighted by molar-refractivity contribution is 7.92. The van der Waals surface area contributed by atoms with Crippen molar-refractivity contribution in [3.63, 3.8) is 0 Å². The Morgan fingerprint density at radius 1 is 1.07 bits per heavy atom. The molecule has 0 saturated heterocycles. The number of halogens is 3. The van der Waals surface area contributed by atoms with Crippen LogP contribution in [-0.4, -0.2) is 33.4 Å². The van der Waals surface area contributed by atoms with Gasteiger partial charge in [0.1, 0.15) is 5.75 Å². The predicted octanol–water partition coefficient (Wildman–Crippen LogP) is 2.93. The van der Waals surface area contributed by atoms with Crippen LogP contribution < -0.4 is 14.8 Å². The second kappa shape index (κ2) is 8.30. The fourth-order valence-corrected chi connectivity index (χ4v) is 2.69. The second-order valence-corrected chi connectivity index (χ2v) is 7.40. The Hall–Kier alpha value is -2.75. The van der Waals surface area contributed by atoms with Gasteiger partial charge in [-0.1, -0.05) is 24.3 Å². The van der Waals surface area contributed by atoms with Crippen LogP contribution in [0.3, 0.4) is 0 Å². The third kappa shape index (κ3) is 7.18. The first kappa shape index (κ1) is 20.6. The fourth-order valence-electron chi connectivity index (χ4n) is 2.12. The summed E-state index contributed by atoms with van der Waals surface area (Å²) in [5.41, 5.74) is 0.928. The zero-order valence-corrected chi connectivity index (χ0v) is 15.0. The lowest BCUT2D eigenvalue weighted by molar-refractivity contribution is -0.153. The van der Waals surface area contributed by atoms with E-state index in [-0.39, 0.29) is 23.5 Å². The topological polar surface area (TPSA) is 84.5 Å². The molecule has 0 unspecified atom stereocenters. The average molecular weight is 402 g/mol. The lowest BCUT2D eigenvalue weighted by Crippen LogP contribution is -2.24. The highest BCUT2D eigenvalue weighted by atomic mass is 32.2. The van der Waals surface area contributed by atoms with Gasteiger partial charge in [-0.15, -0.1) is 0 Å². The van der Waals surface area contributed by atoms with Gasteiger partial charge in [0.15, 0.2) is 6.61 Å². The number of hydrogen-bond donors (Lipinski definition) is 2. The largest absolute Gasteiger partial charge is 0.484 e. The van der Waals surface area contributed by atoms with Gasteiger partial charge in [0.25, 0.3) is 5.91 Å². The first-order valence-corrected chi connectivity index (χ1v) is 9.56. The summed E-state index contributed by atoms with van der Waals surface area (Å²) in [5, 5.41) is 2.62. The van der Waals surface area contributed by atoms with Crippen LogP contribution in [0.2, 0.25) is 0 Å². The minimum atomic E-state index is -4.42. The van der Waals surface area contributed by atoms with Crippen molar-refractivity contribution in [1.82, 2.24) is 5.32 Å². The summed E-state index contributed by atoms with van der Waals surface area (Å²) in [4.78, 5) is 12.3. The maximum absolute atomic E-state index is 12.3. The van der Waals surface area contributed by atoms with Gasteiger partial charge in [-0.2, -0.15) is 13.2 Å². The lowest BCUT2D eigenvalue weighted by atomic mass is 10.1. The van der Waals surface area contributed by atoms with Gasteiger partial charge in [0, 0.05) is 6.54 Å². The Labute approximate surface area is 154 Å². The lowest BCUT2D eigenvalue weighted by Gasteiger charge is -2.12. The van der Waals surface area contributed by atoms with Crippen LogP contribution >= 0.6 is 0 Å². The molecule has 0 bridgehead atoms. The number of anilines is 1. The van der Waals surface area contributed by atoms with Crippen LogP contribution in [0.15, 0.2) is 48.5 Å². The Morgan fingerprint density at radius 3 is 2.30 bits per heavy atom. The van der Waals surface area contributed by atoms with Gasteiger partial charge in [0.2, 0.25) is 10.0 Å². The molecule has 0 fully saturated rings. The Balaban J connectivity index is 1.98. The zero-order valence-electron chi connectivity index (χ0n) is 14.2. The number of carbonyl (C=O) groups is 1. The first-order chi connectivity index (χ1) is 12.5. The molecule has 27 heavy (non-hydrogen) atoms. The summed E-state index contributed by atoms with van der Waals surface area (Å²) < 4.78 is 66.0. The van der Waals surface area contributed by atoms with Crippen molar-refractivity contribution >= 4 is 21.6 Å². The molecule has 146 valence electrons. The predicted molar refractivity (Wildman–Crippen MR) is 94.1 cm³/mol. The number of para-hydroxylation sites is 1. The van der Waals surface area contributed by atoms with E-state index in [0.29, 0.717) is 5.56 Å². The molecule has 0 spiro atoms. The normalized spacial score (nSPS) is 11.7. The summed E-state index contributed by atoms with van der Waals surface area (Å²) >= 11 is 0. The van der Waals surface area contributed by atoms with Crippen LogP contribution in [0, 0.1) is 0 Å². The van der Waals surface area contributed by atoms with Crippen molar-refractivity contribution < 1.29 is 31.1 Å². The van der Waals surface area contributed by atoms with Gasteiger partial charge >= 0.3 is 6.18 Å². The van der Waals surface area contributed by atoms with E-state index in [9.17, 15) is 26.4 Å². The summed E-state index contributed by atoms with van der Waals surface area (Å²) in [6.45, 7) is -1.28. The number of nitrogens with one attached hydrogen (secondary N) is 2. The highest BCUT2D eigenvalue weighted by Gasteiger charge is 2.28. The molecule has 0 saturated carbocycles. The first-order valence-electron chi connectivity index (χ1n) is 7.67. The molecule has 10 heteroatoms. The minimum absolute atomic E-state index is 0.0603. The molecule has 2 aromatic carbocycles. The molecule has 0 aliphatic heterocycles. The van der Waals surface area contributed by atoms with Crippen molar-refractivity contribution in [3.8, 4) is 5.75 Å². The summed E-state index contributed by atoms with van der Waals surface area (Å²) in [5.74, 6) is -0.441. The Morgan fingerprint density at radius 2 is 1.70 bits per heavy atom. The quantitative estimate of drug-likeness (QED) is 0.746. The number of sulfonamides is 1. The van der Waals surface area contributed by atoms with Gasteiger partial charge in [-0.3, -0.25) is 9.52 Å². The van der Waals surface area contributed by atoms with Crippen LogP contribution in [0.4, 0.5) is 18.9 Å². The molecule has 1 amide bonds. The van der Waals surface area contributed by atoms with E-state index in [1.54, 1.807) is 12.1 Å². The van der Waals surface area contributed by atoms with E-state index < -0.39 is 28.7 Å². The third-order valence-electron chi connectivity index (χ3n) is 3.25. The van der Waals surface area contributed by atoms with E-state index >= 15 is 0 Å². The maximum atomic E-state index is 12.3. The van der Waals surface area contributed by atoms with Crippen molar-refractivity contribution in [2.75, 3.05) is 17.6 Å². The fraction of sp³-hybridized carbons (Fsp3) is 0.235. The molecule has 0 atom stereocenters. The van der Waals surface area contributed by atoms with E-state index in [1.165, 1.54) is 36.4 Å². The third-order valence-corrected chi connectivity index (χ3v) is 3.84. The number of ether oxygens (including phenoxy) is 1. The zero-order chi connectivity index (χ0) is 20.1. The van der Waals surface area contributed by atoms with Crippen molar-refractivity contribution in [2.24, 2.45) is 0 Å². The summed E-state index contributed by atoms with van der Waals surface area (Å²) in [6, 6.07) is 11.9. The molecule has 6 nitrogen and oxygen atoms in total. The number of carbonyl (C=O) groups excluding carboxylic acids is 1. The number of amides is 1. The number of alkyl halides is 3. The summed E-state index contributed by atoms with van der Waals surface area (Å²) in [7, 11) is -3.55. The van der Waals surface area contributed by atoms with Crippen LogP contribution in [-0.2, 0) is 16.6 Å². The van der Waals surface area contributed by atoms with E-state index in [1.807, 2.05) is 0 Å². The van der Waals surface area contributed by atoms with Crippen LogP contribution in [0.5, 0.6) is 5.75 Å². The molecule has 2 N–H and O–H groups in total. The molecular weight excluding hydrogens is 385 g/mol. The molecule has 0 radical (unpaired) electrons. The average Bonchev–Trinajstić information content (AvgIpc) is 2.57. The molecular formula is C17H17F3N2O4S. The van der Waals surface area contributed by atoms with Crippen molar-refractivity contribution in [1.29, 1.82) is 0 Å².